The van der Waals surface area contributed by atoms with Crippen LogP contribution in [0.5, 0.6) is 11.5 Å². The minimum absolute atomic E-state index is 0.0151. The molecule has 2 aromatic carbocycles. The molecule has 1 fully saturated rings. The summed E-state index contributed by atoms with van der Waals surface area (Å²) >= 11 is 0. The van der Waals surface area contributed by atoms with Gasteiger partial charge in [-0.3, -0.25) is 19.8 Å². The lowest BCUT2D eigenvalue weighted by molar-refractivity contribution is -0.385. The molecule has 0 aromatic heterocycles. The van der Waals surface area contributed by atoms with E-state index in [1.165, 1.54) is 19.2 Å². The Kier molecular flexibility index (Phi) is 7.24. The summed E-state index contributed by atoms with van der Waals surface area (Å²) in [6.07, 6.45) is 2.25. The number of rotatable bonds is 9. The summed E-state index contributed by atoms with van der Waals surface area (Å²) in [5.41, 5.74) is 0.751. The van der Waals surface area contributed by atoms with Gasteiger partial charge in [0.1, 0.15) is 5.56 Å². The lowest BCUT2D eigenvalue weighted by Crippen LogP contribution is -2.37. The number of amides is 1. The smallest absolute Gasteiger partial charge is 0.286 e. The third-order valence-electron chi connectivity index (χ3n) is 5.24. The number of nitrogens with one attached hydrogen (secondary N) is 1. The van der Waals surface area contributed by atoms with E-state index in [4.69, 9.17) is 9.47 Å². The molecule has 8 heteroatoms. The Bertz CT molecular complexity index is 882. The number of methoxy groups -OCH3 is 1. The number of carbonyl (C=O) groups excluding carboxylic acids is 1. The molecule has 160 valence electrons. The third-order valence-corrected chi connectivity index (χ3v) is 5.24. The van der Waals surface area contributed by atoms with Crippen LogP contribution in [0.4, 0.5) is 5.69 Å². The number of carbonyl (C=O) groups is 1. The molecule has 2 aromatic rings. The average molecular weight is 413 g/mol. The molecule has 8 nitrogen and oxygen atoms in total. The Balaban J connectivity index is 1.84. The van der Waals surface area contributed by atoms with Gasteiger partial charge in [0, 0.05) is 12.6 Å². The highest BCUT2D eigenvalue weighted by atomic mass is 16.6. The van der Waals surface area contributed by atoms with Gasteiger partial charge in [-0.25, -0.2) is 0 Å². The summed E-state index contributed by atoms with van der Waals surface area (Å²) < 4.78 is 10.7. The zero-order valence-corrected chi connectivity index (χ0v) is 17.3. The molecule has 3 rings (SSSR count). The first-order valence-electron chi connectivity index (χ1n) is 10.1. The van der Waals surface area contributed by atoms with Gasteiger partial charge in [-0.05, 0) is 38.4 Å². The van der Waals surface area contributed by atoms with Crippen LogP contribution in [-0.4, -0.2) is 49.1 Å². The summed E-state index contributed by atoms with van der Waals surface area (Å²) in [5.74, 6) is 0.0115. The van der Waals surface area contributed by atoms with Crippen LogP contribution >= 0.6 is 0 Å². The molecular weight excluding hydrogens is 386 g/mol. The van der Waals surface area contributed by atoms with E-state index < -0.39 is 10.8 Å². The Morgan fingerprint density at radius 1 is 1.20 bits per heavy atom. The number of benzene rings is 2. The van der Waals surface area contributed by atoms with Crippen LogP contribution in [0.3, 0.4) is 0 Å². The van der Waals surface area contributed by atoms with Gasteiger partial charge in [0.2, 0.25) is 0 Å². The minimum atomic E-state index is -0.577. The molecule has 1 saturated heterocycles. The van der Waals surface area contributed by atoms with Crippen molar-refractivity contribution in [1.29, 1.82) is 0 Å². The van der Waals surface area contributed by atoms with Crippen LogP contribution in [0.15, 0.2) is 42.5 Å². The number of likely N-dealkylation sites (tertiary alicyclic amines) is 1. The van der Waals surface area contributed by atoms with Crippen LogP contribution in [0, 0.1) is 10.1 Å². The Morgan fingerprint density at radius 3 is 2.50 bits per heavy atom. The monoisotopic (exact) mass is 413 g/mol. The first-order valence-corrected chi connectivity index (χ1v) is 10.1. The number of nitrogens with zero attached hydrogens (tertiary/aromatic N) is 2. The van der Waals surface area contributed by atoms with Crippen LogP contribution < -0.4 is 14.8 Å². The topological polar surface area (TPSA) is 93.9 Å². The van der Waals surface area contributed by atoms with Crippen molar-refractivity contribution in [2.75, 3.05) is 33.4 Å². The van der Waals surface area contributed by atoms with Crippen LogP contribution in [0.25, 0.3) is 0 Å². The standard InChI is InChI=1S/C22H27N3O5/c1-3-30-21-14-18(25(27)28)17(13-20(21)29-2)22(26)23-15-19(24-11-7-8-12-24)16-9-5-4-6-10-16/h4-6,9-10,13-14,19H,3,7-8,11-12,15H2,1-2H3,(H,23,26). The fraction of sp³-hybridized carbons (Fsp3) is 0.409. The first-order chi connectivity index (χ1) is 14.5. The van der Waals surface area contributed by atoms with E-state index >= 15 is 0 Å². The highest BCUT2D eigenvalue weighted by Gasteiger charge is 2.27. The van der Waals surface area contributed by atoms with Gasteiger partial charge in [-0.15, -0.1) is 0 Å². The van der Waals surface area contributed by atoms with Crippen molar-refractivity contribution in [3.8, 4) is 11.5 Å². The van der Waals surface area contributed by atoms with Crippen LogP contribution in [0.1, 0.15) is 41.7 Å². The third kappa shape index (κ3) is 4.88. The van der Waals surface area contributed by atoms with Crippen molar-refractivity contribution in [2.45, 2.75) is 25.8 Å². The molecule has 1 aliphatic heterocycles. The SMILES string of the molecule is CCOc1cc([N+](=O)[O-])c(C(=O)NCC(c2ccccc2)N2CCCC2)cc1OC. The molecule has 0 radical (unpaired) electrons. The molecule has 1 amide bonds. The number of nitro benzene ring substituents is 1. The molecular formula is C22H27N3O5. The van der Waals surface area contributed by atoms with Crippen molar-refractivity contribution in [3.05, 3.63) is 63.7 Å². The predicted molar refractivity (Wildman–Crippen MR) is 113 cm³/mol. The van der Waals surface area contributed by atoms with E-state index in [1.54, 1.807) is 6.92 Å². The average Bonchev–Trinajstić information content (AvgIpc) is 3.29. The Labute approximate surface area is 175 Å². The predicted octanol–water partition coefficient (Wildman–Crippen LogP) is 3.57. The Morgan fingerprint density at radius 2 is 1.90 bits per heavy atom. The molecule has 1 N–H and O–H groups in total. The highest BCUT2D eigenvalue weighted by molar-refractivity contribution is 5.99. The van der Waals surface area contributed by atoms with Gasteiger partial charge in [0.25, 0.3) is 11.6 Å². The van der Waals surface area contributed by atoms with E-state index in [2.05, 4.69) is 10.2 Å². The molecule has 0 bridgehead atoms. The van der Waals surface area contributed by atoms with E-state index in [0.717, 1.165) is 31.5 Å². The zero-order chi connectivity index (χ0) is 21.5. The summed E-state index contributed by atoms with van der Waals surface area (Å²) in [4.78, 5) is 26.3. The van der Waals surface area contributed by atoms with Crippen molar-refractivity contribution in [1.82, 2.24) is 10.2 Å². The molecule has 0 spiro atoms. The fourth-order valence-corrected chi connectivity index (χ4v) is 3.78. The number of hydrogen-bond acceptors (Lipinski definition) is 6. The van der Waals surface area contributed by atoms with E-state index in [1.807, 2.05) is 30.3 Å². The summed E-state index contributed by atoms with van der Waals surface area (Å²) in [6, 6.07) is 12.6. The summed E-state index contributed by atoms with van der Waals surface area (Å²) in [7, 11) is 1.43. The fourth-order valence-electron chi connectivity index (χ4n) is 3.78. The second kappa shape index (κ2) is 10.1. The number of ether oxygens (including phenoxy) is 2. The van der Waals surface area contributed by atoms with Gasteiger partial charge in [-0.2, -0.15) is 0 Å². The van der Waals surface area contributed by atoms with E-state index in [0.29, 0.717) is 13.2 Å². The van der Waals surface area contributed by atoms with Crippen molar-refractivity contribution >= 4 is 11.6 Å². The number of nitro groups is 1. The van der Waals surface area contributed by atoms with E-state index in [-0.39, 0.29) is 28.8 Å². The Hall–Kier alpha value is -3.13. The van der Waals surface area contributed by atoms with Crippen LogP contribution in [0.2, 0.25) is 0 Å². The lowest BCUT2D eigenvalue weighted by atomic mass is 10.0. The van der Waals surface area contributed by atoms with Gasteiger partial charge in [0.15, 0.2) is 11.5 Å². The molecule has 30 heavy (non-hydrogen) atoms. The van der Waals surface area contributed by atoms with Crippen LogP contribution in [-0.2, 0) is 0 Å². The maximum absolute atomic E-state index is 12.9. The maximum atomic E-state index is 12.9. The lowest BCUT2D eigenvalue weighted by Gasteiger charge is -2.28. The second-order valence-corrected chi connectivity index (χ2v) is 7.09. The first kappa shape index (κ1) is 21.6. The molecule has 0 aliphatic carbocycles. The van der Waals surface area contributed by atoms with Gasteiger partial charge in [-0.1, -0.05) is 30.3 Å². The number of hydrogen-bond donors (Lipinski definition) is 1. The van der Waals surface area contributed by atoms with Gasteiger partial charge in [0.05, 0.1) is 30.7 Å². The van der Waals surface area contributed by atoms with Gasteiger partial charge >= 0.3 is 0 Å². The quantitative estimate of drug-likeness (QED) is 0.499. The normalized spacial score (nSPS) is 14.9. The summed E-state index contributed by atoms with van der Waals surface area (Å²) in [5, 5.41) is 14.5. The molecule has 0 saturated carbocycles. The van der Waals surface area contributed by atoms with Crippen molar-refractivity contribution < 1.29 is 19.2 Å². The molecule has 1 atom stereocenters. The molecule has 1 unspecified atom stereocenters. The maximum Gasteiger partial charge on any atom is 0.286 e. The van der Waals surface area contributed by atoms with Crippen molar-refractivity contribution in [3.63, 3.8) is 0 Å². The summed E-state index contributed by atoms with van der Waals surface area (Å²) in [6.45, 7) is 4.38. The van der Waals surface area contributed by atoms with E-state index in [9.17, 15) is 14.9 Å². The molecule has 1 heterocycles. The molecule has 1 aliphatic rings. The zero-order valence-electron chi connectivity index (χ0n) is 17.3. The largest absolute Gasteiger partial charge is 0.493 e. The second-order valence-electron chi connectivity index (χ2n) is 7.09. The highest BCUT2D eigenvalue weighted by Crippen LogP contribution is 2.35. The van der Waals surface area contributed by atoms with Crippen molar-refractivity contribution in [2.24, 2.45) is 0 Å². The minimum Gasteiger partial charge on any atom is -0.493 e. The van der Waals surface area contributed by atoms with Gasteiger partial charge < -0.3 is 14.8 Å².